The van der Waals surface area contributed by atoms with Crippen LogP contribution in [0.4, 0.5) is 5.82 Å². The van der Waals surface area contributed by atoms with E-state index in [2.05, 4.69) is 15.0 Å². The van der Waals surface area contributed by atoms with Crippen molar-refractivity contribution in [2.24, 2.45) is 5.92 Å². The number of ether oxygens (including phenoxy) is 1. The Morgan fingerprint density at radius 3 is 2.84 bits per heavy atom. The van der Waals surface area contributed by atoms with Crippen LogP contribution in [0.25, 0.3) is 11.2 Å². The van der Waals surface area contributed by atoms with Crippen LogP contribution in [0, 0.1) is 5.92 Å². The van der Waals surface area contributed by atoms with Crippen LogP contribution in [0.1, 0.15) is 19.4 Å². The lowest BCUT2D eigenvalue weighted by Crippen LogP contribution is -2.48. The molecule has 0 aliphatic heterocycles. The van der Waals surface area contributed by atoms with Crippen LogP contribution < -0.4 is 5.73 Å². The van der Waals surface area contributed by atoms with Crippen LogP contribution in [-0.2, 0) is 9.30 Å². The van der Waals surface area contributed by atoms with Gasteiger partial charge >= 0.3 is 7.60 Å². The molecule has 0 saturated heterocycles. The fourth-order valence-corrected chi connectivity index (χ4v) is 4.45. The second-order valence-corrected chi connectivity index (χ2v) is 8.45. The van der Waals surface area contributed by atoms with Crippen LogP contribution in [0.3, 0.4) is 0 Å². The highest BCUT2D eigenvalue weighted by molar-refractivity contribution is 7.51. The Morgan fingerprint density at radius 1 is 1.44 bits per heavy atom. The average Bonchev–Trinajstić information content (AvgIpc) is 3.01. The summed E-state index contributed by atoms with van der Waals surface area (Å²) in [7, 11) is -4.40. The van der Waals surface area contributed by atoms with Crippen LogP contribution in [0.5, 0.6) is 0 Å². The van der Waals surface area contributed by atoms with Gasteiger partial charge in [0.05, 0.1) is 12.4 Å². The van der Waals surface area contributed by atoms with E-state index < -0.39 is 37.3 Å². The van der Waals surface area contributed by atoms with Gasteiger partial charge in [-0.3, -0.25) is 4.57 Å². The van der Waals surface area contributed by atoms with E-state index in [9.17, 15) is 14.8 Å². The lowest BCUT2D eigenvalue weighted by atomic mass is 9.92. The molecule has 0 radical (unpaired) electrons. The summed E-state index contributed by atoms with van der Waals surface area (Å²) in [6.45, 7) is 1.45. The number of fused-ring (bicyclic) bond motifs is 2. The zero-order chi connectivity index (χ0) is 18.2. The monoisotopic (exact) mass is 371 g/mol. The standard InChI is InChI=1S/C13H18N5O6P/c1-12(20)8(18-4-17-7-9(14)15-3-16-10(7)18)6-2-13(6,11(12)19)24-5-25(21,22)23/h3-4,6,8,11,19-20H,2,5H2,1H3,(H2,14,15,16)(H2,21,22,23)/t6?,8-,11?,12+,13+/m1/s1. The highest BCUT2D eigenvalue weighted by atomic mass is 31.2. The van der Waals surface area contributed by atoms with Crippen molar-refractivity contribution >= 4 is 24.6 Å². The number of aromatic nitrogens is 4. The van der Waals surface area contributed by atoms with Gasteiger partial charge in [-0.25, -0.2) is 15.0 Å². The molecular formula is C13H18N5O6P. The zero-order valence-electron chi connectivity index (χ0n) is 13.2. The van der Waals surface area contributed by atoms with Crippen molar-refractivity contribution in [3.63, 3.8) is 0 Å². The molecule has 4 rings (SSSR count). The summed E-state index contributed by atoms with van der Waals surface area (Å²) < 4.78 is 18.1. The first-order valence-corrected chi connectivity index (χ1v) is 9.39. The Kier molecular flexibility index (Phi) is 3.34. The number of hydrogen-bond donors (Lipinski definition) is 5. The van der Waals surface area contributed by atoms with Gasteiger partial charge in [-0.05, 0) is 13.3 Å². The van der Waals surface area contributed by atoms with Gasteiger partial charge in [0.1, 0.15) is 35.5 Å². The fraction of sp³-hybridized carbons (Fsp3) is 0.615. The molecule has 12 heteroatoms. The van der Waals surface area contributed by atoms with Gasteiger partial charge in [0.15, 0.2) is 11.5 Å². The average molecular weight is 371 g/mol. The topological polar surface area (TPSA) is 177 Å². The van der Waals surface area contributed by atoms with Crippen molar-refractivity contribution in [3.8, 4) is 0 Å². The number of aliphatic hydroxyl groups is 2. The lowest BCUT2D eigenvalue weighted by molar-refractivity contribution is -0.127. The van der Waals surface area contributed by atoms with Gasteiger partial charge in [0, 0.05) is 5.92 Å². The number of nitrogens with two attached hydrogens (primary N) is 1. The normalized spacial score (nSPS) is 37.4. The summed E-state index contributed by atoms with van der Waals surface area (Å²) in [5.41, 5.74) is 3.75. The first kappa shape index (κ1) is 16.8. The fourth-order valence-electron chi connectivity index (χ4n) is 4.04. The lowest BCUT2D eigenvalue weighted by Gasteiger charge is -2.34. The summed E-state index contributed by atoms with van der Waals surface area (Å²) in [5.74, 6) is -0.153. The molecule has 2 fully saturated rings. The molecule has 2 aliphatic carbocycles. The second-order valence-electron chi connectivity index (χ2n) is 6.86. The number of imidazole rings is 1. The third kappa shape index (κ3) is 2.31. The van der Waals surface area contributed by atoms with Crippen LogP contribution >= 0.6 is 7.60 Å². The number of hydrogen-bond acceptors (Lipinski definition) is 8. The minimum atomic E-state index is -4.40. The maximum atomic E-state index is 11.1. The Hall–Kier alpha value is -1.62. The molecule has 0 bridgehead atoms. The third-order valence-electron chi connectivity index (χ3n) is 5.19. The predicted molar refractivity (Wildman–Crippen MR) is 84.2 cm³/mol. The molecule has 6 N–H and O–H groups in total. The molecule has 11 nitrogen and oxygen atoms in total. The summed E-state index contributed by atoms with van der Waals surface area (Å²) >= 11 is 0. The van der Waals surface area contributed by atoms with Crippen molar-refractivity contribution in [2.45, 2.75) is 36.7 Å². The van der Waals surface area contributed by atoms with Crippen molar-refractivity contribution < 1.29 is 29.3 Å². The maximum Gasteiger partial charge on any atom is 0.351 e. The highest BCUT2D eigenvalue weighted by Crippen LogP contribution is 2.67. The van der Waals surface area contributed by atoms with E-state index in [1.807, 2.05) is 0 Å². The number of nitrogen functional groups attached to an aromatic ring is 1. The van der Waals surface area contributed by atoms with E-state index in [0.717, 1.165) is 0 Å². The zero-order valence-corrected chi connectivity index (χ0v) is 14.1. The van der Waals surface area contributed by atoms with E-state index in [4.69, 9.17) is 20.3 Å². The smallest absolute Gasteiger partial charge is 0.351 e. The Balaban J connectivity index is 1.73. The molecule has 2 heterocycles. The molecule has 0 spiro atoms. The van der Waals surface area contributed by atoms with E-state index >= 15 is 0 Å². The molecule has 2 aromatic heterocycles. The van der Waals surface area contributed by atoms with Gasteiger partial charge in [0.25, 0.3) is 0 Å². The molecule has 0 amide bonds. The molecule has 5 atom stereocenters. The summed E-state index contributed by atoms with van der Waals surface area (Å²) in [4.78, 5) is 30.3. The van der Waals surface area contributed by atoms with Gasteiger partial charge in [0.2, 0.25) is 0 Å². The van der Waals surface area contributed by atoms with E-state index in [1.54, 1.807) is 4.57 Å². The quantitative estimate of drug-likeness (QED) is 0.418. The maximum absolute atomic E-state index is 11.1. The van der Waals surface area contributed by atoms with Crippen molar-refractivity contribution in [2.75, 3.05) is 12.1 Å². The van der Waals surface area contributed by atoms with Gasteiger partial charge < -0.3 is 35.0 Å². The first-order chi connectivity index (χ1) is 11.6. The third-order valence-corrected chi connectivity index (χ3v) is 5.66. The summed E-state index contributed by atoms with van der Waals surface area (Å²) in [6.07, 6.45) is 0.954. The second kappa shape index (κ2) is 4.97. The molecular weight excluding hydrogens is 353 g/mol. The van der Waals surface area contributed by atoms with Crippen molar-refractivity contribution in [1.29, 1.82) is 0 Å². The van der Waals surface area contributed by atoms with Gasteiger partial charge in [-0.1, -0.05) is 0 Å². The van der Waals surface area contributed by atoms with Crippen LogP contribution in [-0.4, -0.2) is 63.2 Å². The number of anilines is 1. The SMILES string of the molecule is C[C@@]1(O)C(O)[C@]2(OCP(=O)(O)O)CC2[C@H]1n1cnc2c(N)ncnc21. The van der Waals surface area contributed by atoms with Gasteiger partial charge in [-0.15, -0.1) is 0 Å². The molecule has 2 unspecified atom stereocenters. The summed E-state index contributed by atoms with van der Waals surface area (Å²) in [5, 5.41) is 21.5. The molecule has 2 aromatic rings. The largest absolute Gasteiger partial charge is 0.387 e. The summed E-state index contributed by atoms with van der Waals surface area (Å²) in [6, 6.07) is -0.640. The van der Waals surface area contributed by atoms with Crippen molar-refractivity contribution in [3.05, 3.63) is 12.7 Å². The van der Waals surface area contributed by atoms with Crippen LogP contribution in [0.2, 0.25) is 0 Å². The number of nitrogens with zero attached hydrogens (tertiary/aromatic N) is 4. The molecule has 0 aromatic carbocycles. The van der Waals surface area contributed by atoms with Crippen molar-refractivity contribution in [1.82, 2.24) is 19.5 Å². The van der Waals surface area contributed by atoms with E-state index in [0.29, 0.717) is 17.6 Å². The van der Waals surface area contributed by atoms with Gasteiger partial charge in [-0.2, -0.15) is 0 Å². The predicted octanol–water partition coefficient (Wildman–Crippen LogP) is -1.01. The van der Waals surface area contributed by atoms with E-state index in [1.165, 1.54) is 19.6 Å². The van der Waals surface area contributed by atoms with Crippen LogP contribution in [0.15, 0.2) is 12.7 Å². The minimum absolute atomic E-state index is 0.196. The molecule has 25 heavy (non-hydrogen) atoms. The Bertz CT molecular complexity index is 896. The Labute approximate surface area is 141 Å². The Morgan fingerprint density at radius 2 is 2.16 bits per heavy atom. The minimum Gasteiger partial charge on any atom is -0.387 e. The highest BCUT2D eigenvalue weighted by Gasteiger charge is 2.77. The first-order valence-electron chi connectivity index (χ1n) is 7.60. The molecule has 2 aliphatic rings. The molecule has 2 saturated carbocycles. The molecule has 136 valence electrons. The number of rotatable bonds is 4. The van der Waals surface area contributed by atoms with E-state index in [-0.39, 0.29) is 11.7 Å². The number of aliphatic hydroxyl groups excluding tert-OH is 1.